The Balaban J connectivity index is 1.19. The van der Waals surface area contributed by atoms with Crippen LogP contribution in [0.4, 0.5) is 0 Å². The summed E-state index contributed by atoms with van der Waals surface area (Å²) >= 11 is 5.98. The maximum absolute atomic E-state index is 13.4. The molecule has 0 N–H and O–H groups in total. The Bertz CT molecular complexity index is 1040. The van der Waals surface area contributed by atoms with Crippen molar-refractivity contribution in [1.29, 1.82) is 0 Å². The summed E-state index contributed by atoms with van der Waals surface area (Å²) in [5, 5.41) is 4.96. The molecule has 0 spiro atoms. The number of carbonyl (C=O) groups excluding carboxylic acids is 1. The molecule has 6 heteroatoms. The second-order valence-electron chi connectivity index (χ2n) is 8.53. The molecular weight excluding hydrogens is 410 g/mol. The average molecular weight is 436 g/mol. The van der Waals surface area contributed by atoms with E-state index in [-0.39, 0.29) is 5.91 Å². The molecule has 31 heavy (non-hydrogen) atoms. The molecule has 0 radical (unpaired) electrons. The first kappa shape index (κ1) is 20.3. The van der Waals surface area contributed by atoms with Gasteiger partial charge in [-0.05, 0) is 49.1 Å². The average Bonchev–Trinajstić information content (AvgIpc) is 3.48. The lowest BCUT2D eigenvalue weighted by Gasteiger charge is -2.36. The summed E-state index contributed by atoms with van der Waals surface area (Å²) in [4.78, 5) is 17.8. The van der Waals surface area contributed by atoms with Crippen LogP contribution >= 0.6 is 11.6 Å². The number of halogens is 1. The van der Waals surface area contributed by atoms with Crippen LogP contribution in [0.3, 0.4) is 0 Å². The van der Waals surface area contributed by atoms with Gasteiger partial charge in [-0.15, -0.1) is 0 Å². The zero-order valence-electron chi connectivity index (χ0n) is 17.5. The van der Waals surface area contributed by atoms with Crippen LogP contribution in [0, 0.1) is 0 Å². The predicted octanol–water partition coefficient (Wildman–Crippen LogP) is 4.41. The summed E-state index contributed by atoms with van der Waals surface area (Å²) in [7, 11) is 0. The molecule has 0 bridgehead atoms. The maximum atomic E-state index is 13.4. The fourth-order valence-electron chi connectivity index (χ4n) is 4.36. The van der Waals surface area contributed by atoms with Gasteiger partial charge in [-0.25, -0.2) is 0 Å². The standard InChI is InChI=1S/C25H26ClN3O2/c26-21-8-6-20(7-9-21)22-18-23(27-31-22)25(11-12-25)24(30)29-16-14-28(15-17-29)13-10-19-4-2-1-3-5-19/h1-9,18H,10-17H2. The number of aromatic nitrogens is 1. The second-order valence-corrected chi connectivity index (χ2v) is 8.97. The van der Waals surface area contributed by atoms with Gasteiger partial charge in [0.25, 0.3) is 0 Å². The van der Waals surface area contributed by atoms with Crippen molar-refractivity contribution < 1.29 is 9.32 Å². The van der Waals surface area contributed by atoms with Crippen LogP contribution < -0.4 is 0 Å². The number of rotatable bonds is 6. The van der Waals surface area contributed by atoms with Crippen molar-refractivity contribution in [3.05, 3.63) is 76.9 Å². The summed E-state index contributed by atoms with van der Waals surface area (Å²) in [6, 6.07) is 20.0. The number of nitrogens with zero attached hydrogens (tertiary/aromatic N) is 3. The molecule has 2 heterocycles. The minimum atomic E-state index is -0.500. The van der Waals surface area contributed by atoms with Crippen molar-refractivity contribution in [1.82, 2.24) is 15.0 Å². The smallest absolute Gasteiger partial charge is 0.235 e. The van der Waals surface area contributed by atoms with Crippen molar-refractivity contribution in [2.45, 2.75) is 24.7 Å². The molecule has 1 aromatic heterocycles. The van der Waals surface area contributed by atoms with E-state index < -0.39 is 5.41 Å². The van der Waals surface area contributed by atoms with E-state index in [1.54, 1.807) is 0 Å². The van der Waals surface area contributed by atoms with Gasteiger partial charge in [0.15, 0.2) is 5.76 Å². The summed E-state index contributed by atoms with van der Waals surface area (Å²) in [5.41, 5.74) is 2.54. The van der Waals surface area contributed by atoms with Crippen LogP contribution in [0.2, 0.25) is 5.02 Å². The molecule has 2 fully saturated rings. The van der Waals surface area contributed by atoms with Crippen LogP contribution in [0.1, 0.15) is 24.1 Å². The molecule has 0 atom stereocenters. The normalized spacial score (nSPS) is 18.2. The highest BCUT2D eigenvalue weighted by Crippen LogP contribution is 2.50. The Morgan fingerprint density at radius 3 is 2.39 bits per heavy atom. The molecule has 5 nitrogen and oxygen atoms in total. The molecule has 2 aliphatic rings. The number of amides is 1. The summed E-state index contributed by atoms with van der Waals surface area (Å²) in [6.07, 6.45) is 2.73. The van der Waals surface area contributed by atoms with Crippen LogP contribution in [-0.4, -0.2) is 53.6 Å². The first-order valence-corrected chi connectivity index (χ1v) is 11.3. The summed E-state index contributed by atoms with van der Waals surface area (Å²) in [6.45, 7) is 4.42. The lowest BCUT2D eigenvalue weighted by atomic mass is 9.99. The minimum absolute atomic E-state index is 0.200. The third-order valence-corrected chi connectivity index (χ3v) is 6.76. The quantitative estimate of drug-likeness (QED) is 0.575. The van der Waals surface area contributed by atoms with Crippen LogP contribution in [0.5, 0.6) is 0 Å². The van der Waals surface area contributed by atoms with Gasteiger partial charge in [0, 0.05) is 49.4 Å². The molecule has 1 aliphatic carbocycles. The number of piperazine rings is 1. The number of hydrogen-bond acceptors (Lipinski definition) is 4. The third kappa shape index (κ3) is 4.25. The van der Waals surface area contributed by atoms with E-state index in [0.717, 1.165) is 63.2 Å². The first-order chi connectivity index (χ1) is 15.1. The molecule has 2 aromatic carbocycles. The molecular formula is C25H26ClN3O2. The van der Waals surface area contributed by atoms with Gasteiger partial charge in [0.1, 0.15) is 0 Å². The van der Waals surface area contributed by atoms with Gasteiger partial charge in [-0.1, -0.05) is 47.1 Å². The van der Waals surface area contributed by atoms with Gasteiger partial charge in [0.2, 0.25) is 5.91 Å². The monoisotopic (exact) mass is 435 g/mol. The minimum Gasteiger partial charge on any atom is -0.356 e. The lowest BCUT2D eigenvalue weighted by molar-refractivity contribution is -0.135. The Kier molecular flexibility index (Phi) is 5.55. The predicted molar refractivity (Wildman–Crippen MR) is 121 cm³/mol. The molecule has 160 valence electrons. The van der Waals surface area contributed by atoms with E-state index in [2.05, 4.69) is 40.4 Å². The van der Waals surface area contributed by atoms with Crippen molar-refractivity contribution >= 4 is 17.5 Å². The molecule has 1 amide bonds. The molecule has 1 saturated carbocycles. The Labute approximate surface area is 187 Å². The van der Waals surface area contributed by atoms with Gasteiger partial charge in [-0.2, -0.15) is 0 Å². The van der Waals surface area contributed by atoms with Crippen molar-refractivity contribution in [2.75, 3.05) is 32.7 Å². The lowest BCUT2D eigenvalue weighted by Crippen LogP contribution is -2.51. The van der Waals surface area contributed by atoms with Crippen LogP contribution in [0.15, 0.2) is 65.2 Å². The Hall–Kier alpha value is -2.63. The highest BCUT2D eigenvalue weighted by molar-refractivity contribution is 6.30. The van der Waals surface area contributed by atoms with E-state index in [0.29, 0.717) is 10.8 Å². The van der Waals surface area contributed by atoms with Gasteiger partial charge < -0.3 is 9.42 Å². The molecule has 1 saturated heterocycles. The van der Waals surface area contributed by atoms with Crippen molar-refractivity contribution in [3.8, 4) is 11.3 Å². The van der Waals surface area contributed by atoms with Crippen LogP contribution in [-0.2, 0) is 16.6 Å². The molecule has 5 rings (SSSR count). The summed E-state index contributed by atoms with van der Waals surface area (Å²) in [5.74, 6) is 0.877. The first-order valence-electron chi connectivity index (χ1n) is 10.9. The maximum Gasteiger partial charge on any atom is 0.235 e. The third-order valence-electron chi connectivity index (χ3n) is 6.51. The highest BCUT2D eigenvalue weighted by Gasteiger charge is 2.55. The largest absolute Gasteiger partial charge is 0.356 e. The zero-order chi connectivity index (χ0) is 21.3. The van der Waals surface area contributed by atoms with E-state index in [9.17, 15) is 4.79 Å². The van der Waals surface area contributed by atoms with E-state index in [1.807, 2.05) is 35.2 Å². The SMILES string of the molecule is O=C(N1CCN(CCc2ccccc2)CC1)C1(c2cc(-c3ccc(Cl)cc3)on2)CC1. The molecule has 0 unspecified atom stereocenters. The van der Waals surface area contributed by atoms with E-state index in [1.165, 1.54) is 5.56 Å². The highest BCUT2D eigenvalue weighted by atomic mass is 35.5. The Morgan fingerprint density at radius 1 is 1.00 bits per heavy atom. The van der Waals surface area contributed by atoms with E-state index >= 15 is 0 Å². The number of carbonyl (C=O) groups is 1. The van der Waals surface area contributed by atoms with Gasteiger partial charge in [0.05, 0.1) is 11.1 Å². The molecule has 3 aromatic rings. The van der Waals surface area contributed by atoms with Crippen molar-refractivity contribution in [2.24, 2.45) is 0 Å². The Morgan fingerprint density at radius 2 is 1.71 bits per heavy atom. The second kappa shape index (κ2) is 8.48. The zero-order valence-corrected chi connectivity index (χ0v) is 18.2. The van der Waals surface area contributed by atoms with Gasteiger partial charge in [-0.3, -0.25) is 9.69 Å². The van der Waals surface area contributed by atoms with E-state index in [4.69, 9.17) is 16.1 Å². The number of benzene rings is 2. The summed E-state index contributed by atoms with van der Waals surface area (Å²) < 4.78 is 5.57. The topological polar surface area (TPSA) is 49.6 Å². The van der Waals surface area contributed by atoms with Gasteiger partial charge >= 0.3 is 0 Å². The fraction of sp³-hybridized carbons (Fsp3) is 0.360. The molecule has 1 aliphatic heterocycles. The fourth-order valence-corrected chi connectivity index (χ4v) is 4.49. The van der Waals surface area contributed by atoms with Crippen LogP contribution in [0.25, 0.3) is 11.3 Å². The number of hydrogen-bond donors (Lipinski definition) is 0. The van der Waals surface area contributed by atoms with Crippen molar-refractivity contribution in [3.63, 3.8) is 0 Å².